The molecule has 5 nitrogen and oxygen atoms in total. The third kappa shape index (κ3) is 3.61. The third-order valence-electron chi connectivity index (χ3n) is 5.14. The van der Waals surface area contributed by atoms with Gasteiger partial charge in [-0.15, -0.1) is 0 Å². The van der Waals surface area contributed by atoms with E-state index in [1.165, 1.54) is 12.1 Å². The second-order valence-corrected chi connectivity index (χ2v) is 6.79. The van der Waals surface area contributed by atoms with E-state index in [1.807, 2.05) is 6.07 Å². The van der Waals surface area contributed by atoms with Gasteiger partial charge in [0.15, 0.2) is 0 Å². The van der Waals surface area contributed by atoms with E-state index in [-0.39, 0.29) is 5.75 Å². The molecule has 1 aliphatic rings. The molecule has 3 aromatic rings. The summed E-state index contributed by atoms with van der Waals surface area (Å²) in [4.78, 5) is 16.8. The smallest absolute Gasteiger partial charge is 0.343 e. The number of rotatable bonds is 4. The highest BCUT2D eigenvalue weighted by Gasteiger charge is 2.35. The molecule has 0 radical (unpaired) electrons. The molecule has 1 aromatic heterocycles. The molecule has 0 unspecified atom stereocenters. The van der Waals surface area contributed by atoms with E-state index in [1.54, 1.807) is 43.6 Å². The number of ether oxygens (including phenoxy) is 3. The Morgan fingerprint density at radius 2 is 1.96 bits per heavy atom. The lowest BCUT2D eigenvalue weighted by Gasteiger charge is -2.36. The summed E-state index contributed by atoms with van der Waals surface area (Å²) in [5, 5.41) is 0.831. The predicted octanol–water partition coefficient (Wildman–Crippen LogP) is 4.25. The van der Waals surface area contributed by atoms with E-state index < -0.39 is 17.4 Å². The van der Waals surface area contributed by atoms with Gasteiger partial charge in [-0.1, -0.05) is 6.07 Å². The van der Waals surface area contributed by atoms with Gasteiger partial charge in [0, 0.05) is 50.8 Å². The van der Waals surface area contributed by atoms with Crippen LogP contribution in [0.3, 0.4) is 0 Å². The minimum atomic E-state index is -0.643. The van der Waals surface area contributed by atoms with Gasteiger partial charge in [-0.3, -0.25) is 4.98 Å². The molecule has 2 heterocycles. The molecule has 28 heavy (non-hydrogen) atoms. The summed E-state index contributed by atoms with van der Waals surface area (Å²) in [7, 11) is 1.60. The topological polar surface area (TPSA) is 57.7 Å². The van der Waals surface area contributed by atoms with E-state index in [9.17, 15) is 9.18 Å². The number of carbonyl (C=O) groups is 1. The molecule has 6 heteroatoms. The minimum absolute atomic E-state index is 0.147. The Balaban J connectivity index is 1.62. The first-order chi connectivity index (χ1) is 13.6. The summed E-state index contributed by atoms with van der Waals surface area (Å²) in [6.07, 6.45) is 2.91. The fourth-order valence-electron chi connectivity index (χ4n) is 3.57. The second-order valence-electron chi connectivity index (χ2n) is 6.79. The standard InChI is InChI=1S/C22H20FNO4/c1-26-22(6-9-27-10-7-22)17-12-18(23)14-19(13-17)28-21(25)16-4-5-20-15(11-16)3-2-8-24-20/h2-5,8,11-14H,6-7,9-10H2,1H3. The van der Waals surface area contributed by atoms with Crippen LogP contribution in [0.1, 0.15) is 28.8 Å². The maximum Gasteiger partial charge on any atom is 0.343 e. The van der Waals surface area contributed by atoms with Crippen molar-refractivity contribution in [3.05, 3.63) is 71.7 Å². The quantitative estimate of drug-likeness (QED) is 0.500. The van der Waals surface area contributed by atoms with Gasteiger partial charge in [-0.05, 0) is 42.0 Å². The number of benzene rings is 2. The zero-order valence-corrected chi connectivity index (χ0v) is 15.5. The van der Waals surface area contributed by atoms with Crippen molar-refractivity contribution in [2.45, 2.75) is 18.4 Å². The molecule has 0 bridgehead atoms. The predicted molar refractivity (Wildman–Crippen MR) is 102 cm³/mol. The van der Waals surface area contributed by atoms with Crippen molar-refractivity contribution in [1.29, 1.82) is 0 Å². The lowest BCUT2D eigenvalue weighted by atomic mass is 9.86. The first-order valence-corrected chi connectivity index (χ1v) is 9.11. The Morgan fingerprint density at radius 1 is 1.14 bits per heavy atom. The van der Waals surface area contributed by atoms with Crippen LogP contribution in [0.15, 0.2) is 54.7 Å². The SMILES string of the molecule is COC1(c2cc(F)cc(OC(=O)c3ccc4ncccc4c3)c2)CCOCC1. The van der Waals surface area contributed by atoms with Gasteiger partial charge in [0.05, 0.1) is 16.7 Å². The van der Waals surface area contributed by atoms with Gasteiger partial charge in [0.25, 0.3) is 0 Å². The van der Waals surface area contributed by atoms with Crippen LogP contribution in [0.2, 0.25) is 0 Å². The van der Waals surface area contributed by atoms with Crippen molar-refractivity contribution in [1.82, 2.24) is 4.98 Å². The number of pyridine rings is 1. The summed E-state index contributed by atoms with van der Waals surface area (Å²) >= 11 is 0. The van der Waals surface area contributed by atoms with Crippen LogP contribution in [0.4, 0.5) is 4.39 Å². The number of hydrogen-bond acceptors (Lipinski definition) is 5. The summed E-state index contributed by atoms with van der Waals surface area (Å²) in [5.41, 5.74) is 1.16. The molecule has 1 fully saturated rings. The number of fused-ring (bicyclic) bond motifs is 1. The van der Waals surface area contributed by atoms with E-state index in [2.05, 4.69) is 4.98 Å². The van der Waals surface area contributed by atoms with Gasteiger partial charge < -0.3 is 14.2 Å². The highest BCUT2D eigenvalue weighted by atomic mass is 19.1. The number of hydrogen-bond donors (Lipinski definition) is 0. The van der Waals surface area contributed by atoms with Crippen LogP contribution < -0.4 is 4.74 Å². The van der Waals surface area contributed by atoms with Crippen LogP contribution in [0, 0.1) is 5.82 Å². The fraction of sp³-hybridized carbons (Fsp3) is 0.273. The van der Waals surface area contributed by atoms with E-state index in [0.29, 0.717) is 37.2 Å². The molecule has 0 amide bonds. The largest absolute Gasteiger partial charge is 0.423 e. The maximum absolute atomic E-state index is 14.3. The molecule has 0 atom stereocenters. The number of halogens is 1. The van der Waals surface area contributed by atoms with Crippen LogP contribution in [0.5, 0.6) is 5.75 Å². The van der Waals surface area contributed by atoms with Crippen molar-refractivity contribution < 1.29 is 23.4 Å². The molecule has 2 aromatic carbocycles. The van der Waals surface area contributed by atoms with Gasteiger partial charge >= 0.3 is 5.97 Å². The Bertz CT molecular complexity index is 1010. The molecule has 0 aliphatic carbocycles. The molecule has 144 valence electrons. The van der Waals surface area contributed by atoms with Crippen LogP contribution in [-0.2, 0) is 15.1 Å². The molecular weight excluding hydrogens is 361 g/mol. The lowest BCUT2D eigenvalue weighted by Crippen LogP contribution is -2.35. The first kappa shape index (κ1) is 18.5. The van der Waals surface area contributed by atoms with Crippen molar-refractivity contribution >= 4 is 16.9 Å². The fourth-order valence-corrected chi connectivity index (χ4v) is 3.57. The second kappa shape index (κ2) is 7.66. The minimum Gasteiger partial charge on any atom is -0.423 e. The number of nitrogens with zero attached hydrogens (tertiary/aromatic N) is 1. The Hall–Kier alpha value is -2.83. The summed E-state index contributed by atoms with van der Waals surface area (Å²) in [6.45, 7) is 1.06. The van der Waals surface area contributed by atoms with Crippen molar-refractivity contribution in [3.8, 4) is 5.75 Å². The highest BCUT2D eigenvalue weighted by molar-refractivity contribution is 5.95. The lowest BCUT2D eigenvalue weighted by molar-refractivity contribution is -0.0950. The molecule has 1 aliphatic heterocycles. The average molecular weight is 381 g/mol. The van der Waals surface area contributed by atoms with Gasteiger partial charge in [0.2, 0.25) is 0 Å². The van der Waals surface area contributed by atoms with E-state index >= 15 is 0 Å². The maximum atomic E-state index is 14.3. The Labute approximate surface area is 162 Å². The highest BCUT2D eigenvalue weighted by Crippen LogP contribution is 2.37. The van der Waals surface area contributed by atoms with Crippen LogP contribution in [-0.4, -0.2) is 31.3 Å². The monoisotopic (exact) mass is 381 g/mol. The molecular formula is C22H20FNO4. The number of aromatic nitrogens is 1. The van der Waals surface area contributed by atoms with E-state index in [0.717, 1.165) is 10.9 Å². The van der Waals surface area contributed by atoms with Crippen molar-refractivity contribution in [3.63, 3.8) is 0 Å². The summed E-state index contributed by atoms with van der Waals surface area (Å²) in [5.74, 6) is -0.888. The van der Waals surface area contributed by atoms with Gasteiger partial charge in [-0.25, -0.2) is 9.18 Å². The normalized spacial score (nSPS) is 16.1. The molecule has 0 N–H and O–H groups in total. The average Bonchev–Trinajstić information content (AvgIpc) is 2.73. The van der Waals surface area contributed by atoms with Crippen molar-refractivity contribution in [2.24, 2.45) is 0 Å². The molecule has 4 rings (SSSR count). The summed E-state index contributed by atoms with van der Waals surface area (Å²) in [6, 6.07) is 13.1. The number of carbonyl (C=O) groups excluding carboxylic acids is 1. The van der Waals surface area contributed by atoms with E-state index in [4.69, 9.17) is 14.2 Å². The molecule has 0 saturated carbocycles. The van der Waals surface area contributed by atoms with Gasteiger partial charge in [0.1, 0.15) is 11.6 Å². The third-order valence-corrected chi connectivity index (χ3v) is 5.14. The van der Waals surface area contributed by atoms with Crippen LogP contribution >= 0.6 is 0 Å². The molecule has 0 spiro atoms. The van der Waals surface area contributed by atoms with Crippen molar-refractivity contribution in [2.75, 3.05) is 20.3 Å². The Morgan fingerprint density at radius 3 is 2.75 bits per heavy atom. The zero-order valence-electron chi connectivity index (χ0n) is 15.5. The Kier molecular flexibility index (Phi) is 5.07. The first-order valence-electron chi connectivity index (χ1n) is 9.11. The van der Waals surface area contributed by atoms with Crippen LogP contribution in [0.25, 0.3) is 10.9 Å². The molecule has 1 saturated heterocycles. The van der Waals surface area contributed by atoms with Gasteiger partial charge in [-0.2, -0.15) is 0 Å². The zero-order chi connectivity index (χ0) is 19.6. The number of esters is 1. The summed E-state index contributed by atoms with van der Waals surface area (Å²) < 4.78 is 30.8. The number of methoxy groups -OCH3 is 1.